The van der Waals surface area contributed by atoms with Gasteiger partial charge in [0.15, 0.2) is 0 Å². The van der Waals surface area contributed by atoms with Gasteiger partial charge in [-0.15, -0.1) is 36.4 Å². The van der Waals surface area contributed by atoms with Crippen molar-refractivity contribution in [3.63, 3.8) is 0 Å². The van der Waals surface area contributed by atoms with Crippen LogP contribution >= 0.6 is 23.2 Å². The number of hydrogen-bond donors (Lipinski definition) is 0. The molecule has 0 unspecified atom stereocenters. The smallest absolute Gasteiger partial charge is 0.0747 e. The van der Waals surface area contributed by atoms with Crippen molar-refractivity contribution in [1.82, 2.24) is 0 Å². The fraction of sp³-hybridized carbons (Fsp3) is 0.750. The van der Waals surface area contributed by atoms with Gasteiger partial charge in [-0.05, 0) is 32.1 Å². The van der Waals surface area contributed by atoms with E-state index in [1.807, 2.05) is 0 Å². The van der Waals surface area contributed by atoms with E-state index >= 15 is 0 Å². The lowest BCUT2D eigenvalue weighted by atomic mass is 9.51. The molecule has 0 spiro atoms. The van der Waals surface area contributed by atoms with E-state index in [2.05, 4.69) is 13.2 Å². The number of hydrogen-bond acceptors (Lipinski definition) is 2. The van der Waals surface area contributed by atoms with Gasteiger partial charge in [-0.25, -0.2) is 0 Å². The molecular formula is C16H22Cl2O2. The molecule has 2 nitrogen and oxygen atoms in total. The monoisotopic (exact) mass is 316 g/mol. The minimum Gasteiger partial charge on any atom is -0.371 e. The van der Waals surface area contributed by atoms with E-state index in [0.717, 1.165) is 38.5 Å². The Labute approximate surface area is 131 Å². The third kappa shape index (κ3) is 2.45. The van der Waals surface area contributed by atoms with Gasteiger partial charge < -0.3 is 9.47 Å². The summed E-state index contributed by atoms with van der Waals surface area (Å²) < 4.78 is 12.3. The zero-order chi connectivity index (χ0) is 14.5. The molecule has 0 radical (unpaired) electrons. The first-order chi connectivity index (χ1) is 9.36. The average molecular weight is 317 g/mol. The van der Waals surface area contributed by atoms with E-state index < -0.39 is 0 Å². The fourth-order valence-electron chi connectivity index (χ4n) is 4.99. The van der Waals surface area contributed by atoms with Gasteiger partial charge in [0, 0.05) is 6.42 Å². The van der Waals surface area contributed by atoms with Gasteiger partial charge in [0.2, 0.25) is 0 Å². The Morgan fingerprint density at radius 3 is 1.50 bits per heavy atom. The number of alkyl halides is 2. The van der Waals surface area contributed by atoms with Gasteiger partial charge in [0.05, 0.1) is 34.2 Å². The molecule has 4 bridgehead atoms. The molecule has 0 heterocycles. The lowest BCUT2D eigenvalue weighted by molar-refractivity contribution is -0.218. The summed E-state index contributed by atoms with van der Waals surface area (Å²) in [6, 6.07) is 0. The largest absolute Gasteiger partial charge is 0.371 e. The molecule has 0 N–H and O–H groups in total. The molecule has 4 heteroatoms. The van der Waals surface area contributed by atoms with Gasteiger partial charge in [0.1, 0.15) is 0 Å². The lowest BCUT2D eigenvalue weighted by Crippen LogP contribution is -2.70. The highest BCUT2D eigenvalue weighted by atomic mass is 35.5. The molecule has 4 aliphatic rings. The van der Waals surface area contributed by atoms with Crippen LogP contribution in [0.25, 0.3) is 0 Å². The first kappa shape index (κ1) is 14.9. The van der Waals surface area contributed by atoms with Crippen molar-refractivity contribution in [2.75, 3.05) is 13.2 Å². The Hall–Kier alpha value is -0.0200. The maximum atomic E-state index is 6.86. The Morgan fingerprint density at radius 1 is 0.750 bits per heavy atom. The zero-order valence-electron chi connectivity index (χ0n) is 11.8. The lowest BCUT2D eigenvalue weighted by Gasteiger charge is -2.66. The minimum absolute atomic E-state index is 0.256. The van der Waals surface area contributed by atoms with Crippen LogP contribution in [0.2, 0.25) is 0 Å². The molecular weight excluding hydrogens is 295 g/mol. The van der Waals surface area contributed by atoms with E-state index in [-0.39, 0.29) is 21.0 Å². The predicted molar refractivity (Wildman–Crippen MR) is 82.6 cm³/mol. The summed E-state index contributed by atoms with van der Waals surface area (Å²) in [7, 11) is 0. The third-order valence-corrected chi connectivity index (χ3v) is 5.65. The van der Waals surface area contributed by atoms with Gasteiger partial charge in [-0.2, -0.15) is 0 Å². The first-order valence-corrected chi connectivity index (χ1v) is 8.00. The summed E-state index contributed by atoms with van der Waals surface area (Å²) in [5.41, 5.74) is -0.513. The second-order valence-corrected chi connectivity index (χ2v) is 8.53. The van der Waals surface area contributed by atoms with Crippen LogP contribution in [-0.2, 0) is 9.47 Å². The molecule has 0 aliphatic heterocycles. The van der Waals surface area contributed by atoms with Crippen LogP contribution in [0.5, 0.6) is 0 Å². The van der Waals surface area contributed by atoms with Crippen molar-refractivity contribution < 1.29 is 9.47 Å². The third-order valence-electron chi connectivity index (χ3n) is 4.85. The van der Waals surface area contributed by atoms with E-state index in [4.69, 9.17) is 32.7 Å². The summed E-state index contributed by atoms with van der Waals surface area (Å²) in [4.78, 5) is -0.586. The van der Waals surface area contributed by atoms with Crippen LogP contribution in [0, 0.1) is 0 Å². The molecule has 0 aromatic rings. The van der Waals surface area contributed by atoms with Crippen LogP contribution < -0.4 is 0 Å². The van der Waals surface area contributed by atoms with Gasteiger partial charge in [-0.3, -0.25) is 0 Å². The van der Waals surface area contributed by atoms with Crippen molar-refractivity contribution in [1.29, 1.82) is 0 Å². The highest BCUT2D eigenvalue weighted by Crippen LogP contribution is 2.67. The fourth-order valence-corrected chi connectivity index (χ4v) is 6.55. The van der Waals surface area contributed by atoms with Crippen LogP contribution in [0.4, 0.5) is 0 Å². The molecule has 4 saturated carbocycles. The Bertz CT molecular complexity index is 382. The SMILES string of the molecule is C=CCOC12CC3(Cl)CC(Cl)(C1)CC(OCC=C)(C3)C2. The highest BCUT2D eigenvalue weighted by Gasteiger charge is 2.69. The van der Waals surface area contributed by atoms with Crippen molar-refractivity contribution in [2.24, 2.45) is 0 Å². The maximum Gasteiger partial charge on any atom is 0.0747 e. The van der Waals surface area contributed by atoms with Crippen LogP contribution in [0.1, 0.15) is 38.5 Å². The van der Waals surface area contributed by atoms with Gasteiger partial charge >= 0.3 is 0 Å². The van der Waals surface area contributed by atoms with E-state index in [0.29, 0.717) is 13.2 Å². The minimum atomic E-state index is -0.293. The van der Waals surface area contributed by atoms with Crippen molar-refractivity contribution in [2.45, 2.75) is 59.5 Å². The predicted octanol–water partition coefficient (Wildman–Crippen LogP) is 4.21. The van der Waals surface area contributed by atoms with E-state index in [1.165, 1.54) is 0 Å². The molecule has 4 aliphatic carbocycles. The summed E-state index contributed by atoms with van der Waals surface area (Å²) in [6.45, 7) is 8.57. The Morgan fingerprint density at radius 2 is 1.15 bits per heavy atom. The summed E-state index contributed by atoms with van der Waals surface area (Å²) >= 11 is 13.7. The van der Waals surface area contributed by atoms with Crippen LogP contribution in [0.15, 0.2) is 25.3 Å². The van der Waals surface area contributed by atoms with Crippen LogP contribution in [-0.4, -0.2) is 34.2 Å². The topological polar surface area (TPSA) is 18.5 Å². The summed E-state index contributed by atoms with van der Waals surface area (Å²) in [5.74, 6) is 0. The number of rotatable bonds is 6. The van der Waals surface area contributed by atoms with Crippen LogP contribution in [0.3, 0.4) is 0 Å². The number of ether oxygens (including phenoxy) is 2. The normalized spacial score (nSPS) is 49.3. The molecule has 0 amide bonds. The molecule has 0 atom stereocenters. The molecule has 0 saturated heterocycles. The van der Waals surface area contributed by atoms with E-state index in [9.17, 15) is 0 Å². The standard InChI is InChI=1S/C16H22Cl2O2/c1-3-5-19-15-8-13(17)7-14(18,9-15)11-16(10-13,12-15)20-6-4-2/h3-4H,1-2,5-12H2. The molecule has 112 valence electrons. The number of halogens is 2. The summed E-state index contributed by atoms with van der Waals surface area (Å²) in [6.07, 6.45) is 8.76. The molecule has 4 fully saturated rings. The Kier molecular flexibility index (Phi) is 3.53. The highest BCUT2D eigenvalue weighted by molar-refractivity contribution is 6.28. The average Bonchev–Trinajstić information content (AvgIpc) is 2.29. The first-order valence-electron chi connectivity index (χ1n) is 7.24. The van der Waals surface area contributed by atoms with Crippen molar-refractivity contribution in [3.05, 3.63) is 25.3 Å². The quantitative estimate of drug-likeness (QED) is 0.540. The molecule has 20 heavy (non-hydrogen) atoms. The van der Waals surface area contributed by atoms with Gasteiger partial charge in [-0.1, -0.05) is 12.2 Å². The van der Waals surface area contributed by atoms with Gasteiger partial charge in [0.25, 0.3) is 0 Å². The second-order valence-electron chi connectivity index (χ2n) is 6.93. The zero-order valence-corrected chi connectivity index (χ0v) is 13.3. The van der Waals surface area contributed by atoms with Crippen molar-refractivity contribution >= 4 is 23.2 Å². The molecule has 0 aromatic carbocycles. The maximum absolute atomic E-state index is 6.86. The molecule has 0 aromatic heterocycles. The summed E-state index contributed by atoms with van der Waals surface area (Å²) in [5, 5.41) is 0. The van der Waals surface area contributed by atoms with Crippen molar-refractivity contribution in [3.8, 4) is 0 Å². The van der Waals surface area contributed by atoms with E-state index in [1.54, 1.807) is 12.2 Å². The molecule has 4 rings (SSSR count). The Balaban J connectivity index is 1.92. The second kappa shape index (κ2) is 4.74.